The van der Waals surface area contributed by atoms with Crippen molar-refractivity contribution in [1.82, 2.24) is 5.32 Å². The van der Waals surface area contributed by atoms with Crippen molar-refractivity contribution in [1.29, 1.82) is 0 Å². The monoisotopic (exact) mass is 189 g/mol. The molecule has 5 nitrogen and oxygen atoms in total. The molecule has 0 aliphatic carbocycles. The number of esters is 1. The van der Waals surface area contributed by atoms with E-state index in [1.54, 1.807) is 13.8 Å². The van der Waals surface area contributed by atoms with Gasteiger partial charge in [-0.2, -0.15) is 0 Å². The largest absolute Gasteiger partial charge is 0.467 e. The minimum absolute atomic E-state index is 0.0443. The molecule has 0 aromatic rings. The predicted octanol–water partition coefficient (Wildman–Crippen LogP) is -0.741. The molecule has 0 fully saturated rings. The van der Waals surface area contributed by atoms with Crippen LogP contribution < -0.4 is 11.0 Å². The maximum atomic E-state index is 11.2. The Bertz CT molecular complexity index is 209. The second kappa shape index (κ2) is 5.53. The van der Waals surface area contributed by atoms with Crippen LogP contribution in [0.3, 0.4) is 0 Å². The lowest BCUT2D eigenvalue weighted by Gasteiger charge is -2.19. The van der Waals surface area contributed by atoms with Crippen LogP contribution in [-0.4, -0.2) is 31.6 Å². The van der Waals surface area contributed by atoms with Gasteiger partial charge in [-0.15, -0.1) is 0 Å². The molecule has 0 heterocycles. The summed E-state index contributed by atoms with van der Waals surface area (Å²) in [5.41, 5.74) is 1.95. The lowest BCUT2D eigenvalue weighted by Crippen LogP contribution is -2.47. The molecule has 1 atom stereocenters. The van der Waals surface area contributed by atoms with Crippen molar-refractivity contribution in [2.75, 3.05) is 13.7 Å². The Hall–Kier alpha value is -1.10. The molecule has 1 amide bonds. The molecule has 0 aliphatic heterocycles. The van der Waals surface area contributed by atoms with Gasteiger partial charge in [0.2, 0.25) is 5.91 Å². The zero-order chi connectivity index (χ0) is 11.1. The number of nitrogens with two attached hydrogens (primary N) is 1. The van der Waals surface area contributed by atoms with Crippen molar-refractivity contribution in [2.45, 2.75) is 19.9 Å². The van der Waals surface area contributed by atoms with Crippen LogP contribution in [0.15, 0.2) is 0 Å². The van der Waals surface area contributed by atoms with Crippen molar-refractivity contribution in [3.63, 3.8) is 0 Å². The SMILES string of the molecule is [2H]NCC(=O)N[C@H](C(=O)OC)C(C)C. The van der Waals surface area contributed by atoms with E-state index in [-0.39, 0.29) is 12.5 Å². The summed E-state index contributed by atoms with van der Waals surface area (Å²) in [4.78, 5) is 22.3. The first-order valence-corrected chi connectivity index (χ1v) is 4.04. The van der Waals surface area contributed by atoms with E-state index in [9.17, 15) is 9.59 Å². The minimum atomic E-state index is -0.652. The van der Waals surface area contributed by atoms with Crippen LogP contribution in [0.4, 0.5) is 0 Å². The molecular weight excluding hydrogens is 172 g/mol. The van der Waals surface area contributed by atoms with Crippen molar-refractivity contribution in [2.24, 2.45) is 11.6 Å². The number of carbonyl (C=O) groups excluding carboxylic acids is 2. The van der Waals surface area contributed by atoms with Gasteiger partial charge in [-0.05, 0) is 5.92 Å². The van der Waals surface area contributed by atoms with E-state index in [1.165, 1.54) is 7.11 Å². The molecule has 0 radical (unpaired) electrons. The van der Waals surface area contributed by atoms with Gasteiger partial charge < -0.3 is 15.8 Å². The number of hydrogen-bond donors (Lipinski definition) is 2. The average Bonchev–Trinajstić information content (AvgIpc) is 2.13. The Kier molecular flexibility index (Phi) is 4.25. The molecule has 5 heteroatoms. The molecule has 0 aromatic carbocycles. The summed E-state index contributed by atoms with van der Waals surface area (Å²) in [6, 6.07) is -0.652. The normalized spacial score (nSPS) is 13.4. The summed E-state index contributed by atoms with van der Waals surface area (Å²) in [6.45, 7) is 3.46. The topological polar surface area (TPSA) is 81.4 Å². The van der Waals surface area contributed by atoms with E-state index in [1.807, 2.05) is 5.73 Å². The average molecular weight is 189 g/mol. The molecule has 0 saturated heterocycles. The molecule has 3 N–H and O–H groups in total. The van der Waals surface area contributed by atoms with Crippen molar-refractivity contribution in [3.05, 3.63) is 0 Å². The number of ether oxygens (including phenoxy) is 1. The minimum Gasteiger partial charge on any atom is -0.467 e. The first-order valence-electron chi connectivity index (χ1n) is 4.54. The number of rotatable bonds is 5. The van der Waals surface area contributed by atoms with Gasteiger partial charge in [0.05, 0.1) is 13.7 Å². The molecular formula is C8H16N2O3. The maximum Gasteiger partial charge on any atom is 0.328 e. The van der Waals surface area contributed by atoms with Crippen LogP contribution in [0.25, 0.3) is 0 Å². The van der Waals surface area contributed by atoms with Crippen LogP contribution >= 0.6 is 0 Å². The van der Waals surface area contributed by atoms with E-state index in [4.69, 9.17) is 1.41 Å². The fourth-order valence-corrected chi connectivity index (χ4v) is 0.849. The van der Waals surface area contributed by atoms with E-state index in [2.05, 4.69) is 10.1 Å². The van der Waals surface area contributed by atoms with E-state index in [0.717, 1.165) is 0 Å². The predicted molar refractivity (Wildman–Crippen MR) is 47.8 cm³/mol. The summed E-state index contributed by atoms with van der Waals surface area (Å²) in [6.07, 6.45) is 0. The molecule has 0 spiro atoms. The molecule has 0 aromatic heterocycles. The highest BCUT2D eigenvalue weighted by Crippen LogP contribution is 2.02. The van der Waals surface area contributed by atoms with Gasteiger partial charge in [-0.1, -0.05) is 13.8 Å². The van der Waals surface area contributed by atoms with Crippen molar-refractivity contribution in [3.8, 4) is 0 Å². The second-order valence-electron chi connectivity index (χ2n) is 2.99. The van der Waals surface area contributed by atoms with Gasteiger partial charge in [-0.3, -0.25) is 4.79 Å². The van der Waals surface area contributed by atoms with Gasteiger partial charge >= 0.3 is 5.97 Å². The first-order chi connectivity index (χ1) is 6.52. The number of nitrogens with one attached hydrogen (secondary N) is 1. The number of carbonyl (C=O) groups is 2. The van der Waals surface area contributed by atoms with Crippen molar-refractivity contribution >= 4 is 11.9 Å². The van der Waals surface area contributed by atoms with Crippen molar-refractivity contribution < 1.29 is 15.7 Å². The summed E-state index contributed by atoms with van der Waals surface area (Å²) in [7, 11) is 1.27. The second-order valence-corrected chi connectivity index (χ2v) is 2.99. The van der Waals surface area contributed by atoms with Gasteiger partial charge in [0.1, 0.15) is 7.45 Å². The summed E-state index contributed by atoms with van der Waals surface area (Å²) < 4.78 is 11.1. The van der Waals surface area contributed by atoms with Crippen LogP contribution in [0.1, 0.15) is 13.8 Å². The van der Waals surface area contributed by atoms with E-state index in [0.29, 0.717) is 0 Å². The Morgan fingerprint density at radius 1 is 1.62 bits per heavy atom. The Morgan fingerprint density at radius 3 is 2.62 bits per heavy atom. The van der Waals surface area contributed by atoms with Crippen LogP contribution in [-0.2, 0) is 14.3 Å². The number of amides is 1. The highest BCUT2D eigenvalue weighted by molar-refractivity contribution is 5.85. The zero-order valence-corrected chi connectivity index (χ0v) is 8.09. The lowest BCUT2D eigenvalue weighted by molar-refractivity contribution is -0.146. The maximum absolute atomic E-state index is 11.2. The van der Waals surface area contributed by atoms with Gasteiger partial charge in [0.15, 0.2) is 0 Å². The van der Waals surface area contributed by atoms with E-state index < -0.39 is 17.9 Å². The molecule has 0 saturated carbocycles. The molecule has 0 unspecified atom stereocenters. The third-order valence-corrected chi connectivity index (χ3v) is 1.60. The highest BCUT2D eigenvalue weighted by Gasteiger charge is 2.23. The summed E-state index contributed by atoms with van der Waals surface area (Å²) in [5, 5.41) is 2.47. The fourth-order valence-electron chi connectivity index (χ4n) is 0.849. The zero-order valence-electron chi connectivity index (χ0n) is 9.09. The first kappa shape index (κ1) is 9.98. The highest BCUT2D eigenvalue weighted by atomic mass is 16.5. The van der Waals surface area contributed by atoms with Gasteiger partial charge in [0.25, 0.3) is 0 Å². The smallest absolute Gasteiger partial charge is 0.328 e. The van der Waals surface area contributed by atoms with Gasteiger partial charge in [-0.25, -0.2) is 4.79 Å². The van der Waals surface area contributed by atoms with Crippen LogP contribution in [0, 0.1) is 5.92 Å². The molecule has 0 aliphatic rings. The lowest BCUT2D eigenvalue weighted by atomic mass is 10.0. The Labute approximate surface area is 79.1 Å². The molecule has 13 heavy (non-hydrogen) atoms. The van der Waals surface area contributed by atoms with E-state index >= 15 is 0 Å². The Morgan fingerprint density at radius 2 is 2.23 bits per heavy atom. The molecule has 76 valence electrons. The fraction of sp³-hybridized carbons (Fsp3) is 0.750. The molecule has 0 rings (SSSR count). The number of methoxy groups -OCH3 is 1. The standard InChI is InChI=1S/C8H16N2O3/c1-5(2)7(8(12)13-3)10-6(11)4-9/h5,7H,4,9H2,1-3H3,(H,10,11)/t7-/m0/s1/i/hD. The summed E-state index contributed by atoms with van der Waals surface area (Å²) >= 11 is 0. The summed E-state index contributed by atoms with van der Waals surface area (Å²) in [5.74, 6) is -0.917. The van der Waals surface area contributed by atoms with Crippen LogP contribution in [0.5, 0.6) is 0 Å². The third-order valence-electron chi connectivity index (χ3n) is 1.60. The molecule has 0 bridgehead atoms. The third kappa shape index (κ3) is 3.89. The Balaban J connectivity index is 4.23. The van der Waals surface area contributed by atoms with Gasteiger partial charge in [0, 0.05) is 0 Å². The number of hydrogen-bond acceptors (Lipinski definition) is 4. The van der Waals surface area contributed by atoms with Crippen LogP contribution in [0.2, 0.25) is 1.41 Å². The quantitative estimate of drug-likeness (QED) is 0.558.